The first-order valence-electron chi connectivity index (χ1n) is 8.64. The Morgan fingerprint density at radius 2 is 1.85 bits per heavy atom. The van der Waals surface area contributed by atoms with E-state index in [1.165, 1.54) is 19.2 Å². The van der Waals surface area contributed by atoms with Gasteiger partial charge in [-0.3, -0.25) is 9.52 Å². The average Bonchev–Trinajstić information content (AvgIpc) is 2.69. The van der Waals surface area contributed by atoms with Crippen molar-refractivity contribution in [2.24, 2.45) is 0 Å². The van der Waals surface area contributed by atoms with Gasteiger partial charge in [-0.2, -0.15) is 11.8 Å². The van der Waals surface area contributed by atoms with Gasteiger partial charge < -0.3 is 10.1 Å². The Kier molecular flexibility index (Phi) is 6.28. The number of amides is 1. The van der Waals surface area contributed by atoms with Crippen molar-refractivity contribution in [2.45, 2.75) is 23.8 Å². The first-order valence-corrected chi connectivity index (χ1v) is 11.3. The second kappa shape index (κ2) is 8.67. The molecule has 0 aromatic heterocycles. The third-order valence-corrected chi connectivity index (χ3v) is 6.73. The molecule has 1 aliphatic heterocycles. The first-order chi connectivity index (χ1) is 13.0. The molecule has 27 heavy (non-hydrogen) atoms. The van der Waals surface area contributed by atoms with E-state index in [0.717, 1.165) is 24.3 Å². The SMILES string of the molecule is COc1ccccc1NS(=O)(=O)c1cccc(C(=O)NC2CCSCC2)c1. The Balaban J connectivity index is 1.78. The number of hydrogen-bond donors (Lipinski definition) is 2. The number of benzene rings is 2. The van der Waals surface area contributed by atoms with Crippen LogP contribution in [0.1, 0.15) is 23.2 Å². The highest BCUT2D eigenvalue weighted by atomic mass is 32.2. The van der Waals surface area contributed by atoms with Crippen LogP contribution >= 0.6 is 11.8 Å². The second-order valence-corrected chi connectivity index (χ2v) is 9.10. The number of carbonyl (C=O) groups excluding carboxylic acids is 1. The van der Waals surface area contributed by atoms with E-state index in [4.69, 9.17) is 4.74 Å². The molecule has 1 aliphatic rings. The number of anilines is 1. The molecule has 2 aromatic rings. The van der Waals surface area contributed by atoms with Crippen LogP contribution in [0.2, 0.25) is 0 Å². The number of sulfonamides is 1. The summed E-state index contributed by atoms with van der Waals surface area (Å²) in [4.78, 5) is 12.5. The molecule has 1 amide bonds. The molecule has 0 radical (unpaired) electrons. The molecule has 0 aliphatic carbocycles. The fourth-order valence-corrected chi connectivity index (χ4v) is 5.07. The fourth-order valence-electron chi connectivity index (χ4n) is 2.85. The summed E-state index contributed by atoms with van der Waals surface area (Å²) in [6.45, 7) is 0. The van der Waals surface area contributed by atoms with Gasteiger partial charge in [-0.15, -0.1) is 0 Å². The van der Waals surface area contributed by atoms with Crippen LogP contribution in [0.5, 0.6) is 5.75 Å². The van der Waals surface area contributed by atoms with Crippen LogP contribution in [0.4, 0.5) is 5.69 Å². The zero-order chi connectivity index (χ0) is 19.3. The smallest absolute Gasteiger partial charge is 0.262 e. The van der Waals surface area contributed by atoms with Crippen LogP contribution in [0.15, 0.2) is 53.4 Å². The van der Waals surface area contributed by atoms with Gasteiger partial charge in [-0.05, 0) is 54.7 Å². The maximum atomic E-state index is 12.7. The average molecular weight is 407 g/mol. The Morgan fingerprint density at radius 1 is 1.11 bits per heavy atom. The number of rotatable bonds is 6. The summed E-state index contributed by atoms with van der Waals surface area (Å²) in [6.07, 6.45) is 1.87. The number of hydrogen-bond acceptors (Lipinski definition) is 5. The maximum absolute atomic E-state index is 12.7. The summed E-state index contributed by atoms with van der Waals surface area (Å²) in [5, 5.41) is 2.99. The van der Waals surface area contributed by atoms with Gasteiger partial charge in [-0.1, -0.05) is 18.2 Å². The molecule has 0 unspecified atom stereocenters. The number of carbonyl (C=O) groups is 1. The summed E-state index contributed by atoms with van der Waals surface area (Å²) >= 11 is 1.88. The third-order valence-electron chi connectivity index (χ3n) is 4.31. The number of nitrogens with one attached hydrogen (secondary N) is 2. The van der Waals surface area contributed by atoms with Gasteiger partial charge in [0, 0.05) is 11.6 Å². The van der Waals surface area contributed by atoms with E-state index in [1.54, 1.807) is 36.4 Å². The topological polar surface area (TPSA) is 84.5 Å². The third kappa shape index (κ3) is 4.95. The number of methoxy groups -OCH3 is 1. The standard InChI is InChI=1S/C19H22N2O4S2/c1-25-18-8-3-2-7-17(18)21-27(23,24)16-6-4-5-14(13-16)19(22)20-15-9-11-26-12-10-15/h2-8,13,15,21H,9-12H2,1H3,(H,20,22). The lowest BCUT2D eigenvalue weighted by atomic mass is 10.1. The van der Waals surface area contributed by atoms with Crippen molar-refractivity contribution >= 4 is 33.4 Å². The van der Waals surface area contributed by atoms with Gasteiger partial charge in [0.25, 0.3) is 15.9 Å². The number of para-hydroxylation sites is 2. The first kappa shape index (κ1) is 19.6. The van der Waals surface area contributed by atoms with Crippen LogP contribution in [-0.2, 0) is 10.0 Å². The van der Waals surface area contributed by atoms with Crippen molar-refractivity contribution in [3.8, 4) is 5.75 Å². The van der Waals surface area contributed by atoms with Crippen LogP contribution in [0, 0.1) is 0 Å². The lowest BCUT2D eigenvalue weighted by Crippen LogP contribution is -2.37. The van der Waals surface area contributed by atoms with E-state index in [9.17, 15) is 13.2 Å². The van der Waals surface area contributed by atoms with Crippen molar-refractivity contribution in [3.63, 3.8) is 0 Å². The van der Waals surface area contributed by atoms with Gasteiger partial charge in [-0.25, -0.2) is 8.42 Å². The molecule has 0 bridgehead atoms. The van der Waals surface area contributed by atoms with Crippen LogP contribution in [0.25, 0.3) is 0 Å². The van der Waals surface area contributed by atoms with E-state index in [-0.39, 0.29) is 16.8 Å². The van der Waals surface area contributed by atoms with Gasteiger partial charge in [0.05, 0.1) is 17.7 Å². The van der Waals surface area contributed by atoms with E-state index >= 15 is 0 Å². The largest absolute Gasteiger partial charge is 0.495 e. The Labute approximate surface area is 163 Å². The summed E-state index contributed by atoms with van der Waals surface area (Å²) < 4.78 is 33.2. The summed E-state index contributed by atoms with van der Waals surface area (Å²) in [7, 11) is -2.37. The minimum Gasteiger partial charge on any atom is -0.495 e. The van der Waals surface area contributed by atoms with Gasteiger partial charge in [0.15, 0.2) is 0 Å². The second-order valence-electron chi connectivity index (χ2n) is 6.19. The quantitative estimate of drug-likeness (QED) is 0.770. The van der Waals surface area contributed by atoms with Crippen LogP contribution in [-0.4, -0.2) is 39.0 Å². The highest BCUT2D eigenvalue weighted by molar-refractivity contribution is 7.99. The number of ether oxygens (including phenoxy) is 1. The lowest BCUT2D eigenvalue weighted by molar-refractivity contribution is 0.0934. The fraction of sp³-hybridized carbons (Fsp3) is 0.316. The molecule has 2 aromatic carbocycles. The zero-order valence-corrected chi connectivity index (χ0v) is 16.6. The highest BCUT2D eigenvalue weighted by Crippen LogP contribution is 2.26. The van der Waals surface area contributed by atoms with Crippen molar-refractivity contribution in [1.82, 2.24) is 5.32 Å². The molecule has 0 saturated carbocycles. The molecular formula is C19H22N2O4S2. The van der Waals surface area contributed by atoms with E-state index < -0.39 is 10.0 Å². The van der Waals surface area contributed by atoms with E-state index in [2.05, 4.69) is 10.0 Å². The maximum Gasteiger partial charge on any atom is 0.262 e. The van der Waals surface area contributed by atoms with Gasteiger partial charge in [0.1, 0.15) is 5.75 Å². The van der Waals surface area contributed by atoms with E-state index in [0.29, 0.717) is 17.0 Å². The molecule has 8 heteroatoms. The Morgan fingerprint density at radius 3 is 2.59 bits per heavy atom. The molecule has 144 valence electrons. The molecule has 0 atom stereocenters. The monoisotopic (exact) mass is 406 g/mol. The molecule has 1 fully saturated rings. The predicted octanol–water partition coefficient (Wildman–Crippen LogP) is 3.12. The van der Waals surface area contributed by atoms with Gasteiger partial charge in [0.2, 0.25) is 0 Å². The molecule has 0 spiro atoms. The summed E-state index contributed by atoms with van der Waals surface area (Å²) in [5.41, 5.74) is 0.672. The normalized spacial score (nSPS) is 15.1. The van der Waals surface area contributed by atoms with Crippen LogP contribution < -0.4 is 14.8 Å². The molecule has 2 N–H and O–H groups in total. The molecule has 1 heterocycles. The molecule has 6 nitrogen and oxygen atoms in total. The van der Waals surface area contributed by atoms with E-state index in [1.807, 2.05) is 11.8 Å². The molecule has 3 rings (SSSR count). The Hall–Kier alpha value is -2.19. The predicted molar refractivity (Wildman–Crippen MR) is 108 cm³/mol. The Bertz CT molecular complexity index is 909. The van der Waals surface area contributed by atoms with Gasteiger partial charge >= 0.3 is 0 Å². The van der Waals surface area contributed by atoms with Crippen molar-refractivity contribution in [1.29, 1.82) is 0 Å². The molecular weight excluding hydrogens is 384 g/mol. The minimum absolute atomic E-state index is 0.0280. The van der Waals surface area contributed by atoms with Crippen molar-refractivity contribution in [3.05, 3.63) is 54.1 Å². The number of thioether (sulfide) groups is 1. The zero-order valence-electron chi connectivity index (χ0n) is 15.0. The summed E-state index contributed by atoms with van der Waals surface area (Å²) in [6, 6.07) is 13.0. The van der Waals surface area contributed by atoms with Crippen LogP contribution in [0.3, 0.4) is 0 Å². The van der Waals surface area contributed by atoms with Crippen molar-refractivity contribution < 1.29 is 17.9 Å². The minimum atomic E-state index is -3.85. The lowest BCUT2D eigenvalue weighted by Gasteiger charge is -2.22. The highest BCUT2D eigenvalue weighted by Gasteiger charge is 2.20. The van der Waals surface area contributed by atoms with Crippen molar-refractivity contribution in [2.75, 3.05) is 23.3 Å². The summed E-state index contributed by atoms with van der Waals surface area (Å²) in [5.74, 6) is 2.23. The molecule has 1 saturated heterocycles.